The van der Waals surface area contributed by atoms with E-state index in [4.69, 9.17) is 9.47 Å². The van der Waals surface area contributed by atoms with Crippen LogP contribution in [-0.4, -0.2) is 36.7 Å². The van der Waals surface area contributed by atoms with Crippen LogP contribution in [0.5, 0.6) is 11.5 Å². The van der Waals surface area contributed by atoms with Crippen LogP contribution >= 0.6 is 0 Å². The summed E-state index contributed by atoms with van der Waals surface area (Å²) < 4.78 is 11.2. The van der Waals surface area contributed by atoms with Gasteiger partial charge in [-0.05, 0) is 42.8 Å². The Kier molecular flexibility index (Phi) is 5.33. The summed E-state index contributed by atoms with van der Waals surface area (Å²) in [6.45, 7) is 3.89. The summed E-state index contributed by atoms with van der Waals surface area (Å²) in [6, 6.07) is 17.0. The Labute approximate surface area is 142 Å². The van der Waals surface area contributed by atoms with Crippen LogP contribution in [-0.2, 0) is 4.74 Å². The largest absolute Gasteiger partial charge is 0.457 e. The molecule has 1 aliphatic heterocycles. The zero-order valence-corrected chi connectivity index (χ0v) is 13.8. The van der Waals surface area contributed by atoms with E-state index < -0.39 is 0 Å². The molecular weight excluding hydrogens is 304 g/mol. The smallest absolute Gasteiger partial charge is 0.322 e. The topological polar surface area (TPSA) is 50.8 Å². The number of benzene rings is 2. The van der Waals surface area contributed by atoms with E-state index in [0.29, 0.717) is 19.8 Å². The average molecular weight is 326 g/mol. The molecule has 5 heteroatoms. The van der Waals surface area contributed by atoms with Crippen LogP contribution < -0.4 is 10.1 Å². The number of para-hydroxylation sites is 1. The van der Waals surface area contributed by atoms with Gasteiger partial charge in [-0.15, -0.1) is 0 Å². The molecule has 0 spiro atoms. The molecular formula is C19H22N2O3. The van der Waals surface area contributed by atoms with Crippen LogP contribution in [0.25, 0.3) is 0 Å². The molecule has 1 aliphatic rings. The van der Waals surface area contributed by atoms with E-state index in [1.807, 2.05) is 59.5 Å². The monoisotopic (exact) mass is 326 g/mol. The Hall–Kier alpha value is -2.53. The fraction of sp³-hybridized carbons (Fsp3) is 0.316. The quantitative estimate of drug-likeness (QED) is 0.919. The first-order chi connectivity index (χ1) is 11.8. The van der Waals surface area contributed by atoms with Crippen molar-refractivity contribution in [3.05, 3.63) is 54.6 Å². The highest BCUT2D eigenvalue weighted by molar-refractivity contribution is 5.89. The minimum atomic E-state index is -0.0816. The van der Waals surface area contributed by atoms with E-state index >= 15 is 0 Å². The third-order valence-corrected chi connectivity index (χ3v) is 4.04. The Morgan fingerprint density at radius 3 is 2.58 bits per heavy atom. The van der Waals surface area contributed by atoms with Crippen molar-refractivity contribution in [1.29, 1.82) is 0 Å². The van der Waals surface area contributed by atoms with Gasteiger partial charge in [-0.3, -0.25) is 0 Å². The van der Waals surface area contributed by atoms with Crippen LogP contribution in [0.15, 0.2) is 54.6 Å². The Bertz CT molecular complexity index is 658. The van der Waals surface area contributed by atoms with Crippen LogP contribution in [0.3, 0.4) is 0 Å². The molecule has 1 heterocycles. The normalized spacial score (nSPS) is 17.4. The van der Waals surface area contributed by atoms with Gasteiger partial charge >= 0.3 is 6.03 Å². The summed E-state index contributed by atoms with van der Waals surface area (Å²) >= 11 is 0. The van der Waals surface area contributed by atoms with Crippen molar-refractivity contribution >= 4 is 11.7 Å². The number of ether oxygens (including phenoxy) is 2. The number of rotatable bonds is 4. The molecule has 5 nitrogen and oxygen atoms in total. The maximum absolute atomic E-state index is 12.4. The lowest BCUT2D eigenvalue weighted by atomic mass is 10.2. The summed E-state index contributed by atoms with van der Waals surface area (Å²) in [5.74, 6) is 1.52. The zero-order valence-electron chi connectivity index (χ0n) is 13.8. The third kappa shape index (κ3) is 4.06. The Morgan fingerprint density at radius 2 is 1.88 bits per heavy atom. The average Bonchev–Trinajstić information content (AvgIpc) is 2.64. The highest BCUT2D eigenvalue weighted by Crippen LogP contribution is 2.23. The molecule has 0 saturated carbocycles. The van der Waals surface area contributed by atoms with E-state index in [-0.39, 0.29) is 12.1 Å². The zero-order chi connectivity index (χ0) is 16.8. The molecule has 0 aromatic heterocycles. The number of hydrogen-bond donors (Lipinski definition) is 1. The lowest BCUT2D eigenvalue weighted by Gasteiger charge is -2.35. The molecule has 0 bridgehead atoms. The molecule has 24 heavy (non-hydrogen) atoms. The van der Waals surface area contributed by atoms with Gasteiger partial charge in [-0.2, -0.15) is 0 Å². The maximum atomic E-state index is 12.4. The number of nitrogens with zero attached hydrogens (tertiary/aromatic N) is 1. The summed E-state index contributed by atoms with van der Waals surface area (Å²) in [5.41, 5.74) is 0.752. The SMILES string of the molecule is CC[C@H]1COCCN1C(=O)Nc1ccc(Oc2ccccc2)cc1. The summed E-state index contributed by atoms with van der Waals surface area (Å²) in [7, 11) is 0. The van der Waals surface area contributed by atoms with E-state index in [1.165, 1.54) is 0 Å². The molecule has 0 aliphatic carbocycles. The second kappa shape index (κ2) is 7.84. The van der Waals surface area contributed by atoms with E-state index in [9.17, 15) is 4.79 Å². The van der Waals surface area contributed by atoms with Gasteiger partial charge in [-0.25, -0.2) is 4.79 Å². The molecule has 1 saturated heterocycles. The van der Waals surface area contributed by atoms with Gasteiger partial charge in [0, 0.05) is 12.2 Å². The number of nitrogens with one attached hydrogen (secondary N) is 1. The Balaban J connectivity index is 1.60. The lowest BCUT2D eigenvalue weighted by Crippen LogP contribution is -2.50. The molecule has 1 atom stereocenters. The number of amides is 2. The molecule has 3 rings (SSSR count). The predicted molar refractivity (Wildman–Crippen MR) is 93.6 cm³/mol. The van der Waals surface area contributed by atoms with Crippen molar-refractivity contribution in [2.24, 2.45) is 0 Å². The fourth-order valence-electron chi connectivity index (χ4n) is 2.69. The number of morpholine rings is 1. The number of carbonyl (C=O) groups excluding carboxylic acids is 1. The van der Waals surface area contributed by atoms with Crippen molar-refractivity contribution in [2.45, 2.75) is 19.4 Å². The maximum Gasteiger partial charge on any atom is 0.322 e. The first-order valence-corrected chi connectivity index (χ1v) is 8.24. The standard InChI is InChI=1S/C19H22N2O3/c1-2-16-14-23-13-12-21(16)19(22)20-15-8-10-18(11-9-15)24-17-6-4-3-5-7-17/h3-11,16H,2,12-14H2,1H3,(H,20,22)/t16-/m0/s1. The number of anilines is 1. The lowest BCUT2D eigenvalue weighted by molar-refractivity contribution is 0.0144. The molecule has 0 unspecified atom stereocenters. The second-order valence-corrected chi connectivity index (χ2v) is 5.70. The molecule has 1 fully saturated rings. The molecule has 2 amide bonds. The van der Waals surface area contributed by atoms with Gasteiger partial charge in [0.2, 0.25) is 0 Å². The second-order valence-electron chi connectivity index (χ2n) is 5.70. The van der Waals surface area contributed by atoms with Crippen molar-refractivity contribution in [2.75, 3.05) is 25.1 Å². The summed E-state index contributed by atoms with van der Waals surface area (Å²) in [5, 5.41) is 2.94. The van der Waals surface area contributed by atoms with E-state index in [2.05, 4.69) is 12.2 Å². The van der Waals surface area contributed by atoms with Gasteiger partial charge in [0.15, 0.2) is 0 Å². The van der Waals surface area contributed by atoms with Gasteiger partial charge < -0.3 is 19.7 Å². The van der Waals surface area contributed by atoms with Crippen LogP contribution in [0, 0.1) is 0 Å². The van der Waals surface area contributed by atoms with E-state index in [0.717, 1.165) is 23.6 Å². The van der Waals surface area contributed by atoms with Crippen LogP contribution in [0.2, 0.25) is 0 Å². The molecule has 0 radical (unpaired) electrons. The molecule has 1 N–H and O–H groups in total. The van der Waals surface area contributed by atoms with Gasteiger partial charge in [-0.1, -0.05) is 25.1 Å². The van der Waals surface area contributed by atoms with Crippen molar-refractivity contribution in [3.63, 3.8) is 0 Å². The number of carbonyl (C=O) groups is 1. The molecule has 126 valence electrons. The third-order valence-electron chi connectivity index (χ3n) is 4.04. The number of urea groups is 1. The van der Waals surface area contributed by atoms with Crippen molar-refractivity contribution < 1.29 is 14.3 Å². The van der Waals surface area contributed by atoms with Crippen molar-refractivity contribution in [1.82, 2.24) is 4.90 Å². The number of hydrogen-bond acceptors (Lipinski definition) is 3. The predicted octanol–water partition coefficient (Wildman–Crippen LogP) is 4.12. The summed E-state index contributed by atoms with van der Waals surface area (Å²) in [4.78, 5) is 14.3. The van der Waals surface area contributed by atoms with Gasteiger partial charge in [0.05, 0.1) is 19.3 Å². The minimum absolute atomic E-state index is 0.0816. The van der Waals surface area contributed by atoms with Crippen LogP contribution in [0.4, 0.5) is 10.5 Å². The first kappa shape index (κ1) is 16.3. The van der Waals surface area contributed by atoms with Crippen LogP contribution in [0.1, 0.15) is 13.3 Å². The summed E-state index contributed by atoms with van der Waals surface area (Å²) in [6.07, 6.45) is 0.886. The van der Waals surface area contributed by atoms with Gasteiger partial charge in [0.1, 0.15) is 11.5 Å². The highest BCUT2D eigenvalue weighted by Gasteiger charge is 2.25. The molecule has 2 aromatic rings. The van der Waals surface area contributed by atoms with E-state index in [1.54, 1.807) is 0 Å². The first-order valence-electron chi connectivity index (χ1n) is 8.24. The van der Waals surface area contributed by atoms with Gasteiger partial charge in [0.25, 0.3) is 0 Å². The minimum Gasteiger partial charge on any atom is -0.457 e. The Morgan fingerprint density at radius 1 is 1.17 bits per heavy atom. The fourth-order valence-corrected chi connectivity index (χ4v) is 2.69. The molecule has 2 aromatic carbocycles. The van der Waals surface area contributed by atoms with Crippen molar-refractivity contribution in [3.8, 4) is 11.5 Å². The highest BCUT2D eigenvalue weighted by atomic mass is 16.5.